The average molecular weight is 409 g/mol. The number of aromatic hydroxyl groups is 1. The summed E-state index contributed by atoms with van der Waals surface area (Å²) in [5, 5.41) is 58.9. The van der Waals surface area contributed by atoms with E-state index in [1.807, 2.05) is 0 Å². The van der Waals surface area contributed by atoms with Crippen molar-refractivity contribution in [1.82, 2.24) is 0 Å². The molecule has 0 unspecified atom stereocenters. The maximum atomic E-state index is 10.5. The first-order valence-corrected chi connectivity index (χ1v) is 9.22. The highest BCUT2D eigenvalue weighted by Crippen LogP contribution is 2.28. The second-order valence-corrected chi connectivity index (χ2v) is 6.98. The van der Waals surface area contributed by atoms with Crippen molar-refractivity contribution < 1.29 is 30.6 Å². The van der Waals surface area contributed by atoms with E-state index >= 15 is 0 Å². The van der Waals surface area contributed by atoms with Crippen LogP contribution in [0.3, 0.4) is 0 Å². The molecule has 7 heteroatoms. The van der Waals surface area contributed by atoms with Gasteiger partial charge in [0.2, 0.25) is 0 Å². The molecule has 0 saturated heterocycles. The van der Waals surface area contributed by atoms with Gasteiger partial charge in [-0.3, -0.25) is 0 Å². The molecule has 6 nitrogen and oxygen atoms in total. The number of hydrogen-bond donors (Lipinski definition) is 6. The molecule has 0 spiro atoms. The van der Waals surface area contributed by atoms with Crippen molar-refractivity contribution in [3.63, 3.8) is 0 Å². The van der Waals surface area contributed by atoms with Crippen LogP contribution in [-0.4, -0.2) is 61.7 Å². The largest absolute Gasteiger partial charge is 0.508 e. The molecule has 2 aromatic rings. The Kier molecular flexibility index (Phi) is 8.00. The normalized spacial score (nSPS) is 16.5. The number of benzene rings is 2. The maximum Gasteiger partial charge on any atom is 0.115 e. The molecule has 0 radical (unpaired) electrons. The first kappa shape index (κ1) is 22.4. The number of allylic oxidation sites excluding steroid dienone is 1. The minimum atomic E-state index is -1.71. The van der Waals surface area contributed by atoms with Crippen molar-refractivity contribution in [1.29, 1.82) is 0 Å². The molecular formula is C21H25ClO6. The lowest BCUT2D eigenvalue weighted by Crippen LogP contribution is -2.46. The Labute approximate surface area is 168 Å². The van der Waals surface area contributed by atoms with Crippen LogP contribution in [0.25, 0.3) is 5.57 Å². The Morgan fingerprint density at radius 2 is 1.64 bits per heavy atom. The summed E-state index contributed by atoms with van der Waals surface area (Å²) in [4.78, 5) is 0. The van der Waals surface area contributed by atoms with Crippen LogP contribution in [0.2, 0.25) is 5.02 Å². The summed E-state index contributed by atoms with van der Waals surface area (Å²) in [5.74, 6) is 0.167. The van der Waals surface area contributed by atoms with Crippen molar-refractivity contribution in [3.8, 4) is 5.75 Å². The van der Waals surface area contributed by atoms with Crippen LogP contribution in [0.15, 0.2) is 48.5 Å². The van der Waals surface area contributed by atoms with E-state index in [9.17, 15) is 25.5 Å². The summed E-state index contributed by atoms with van der Waals surface area (Å²) < 4.78 is 0. The van der Waals surface area contributed by atoms with E-state index in [0.717, 1.165) is 11.1 Å². The van der Waals surface area contributed by atoms with Gasteiger partial charge in [0, 0.05) is 5.02 Å². The fraction of sp³-hybridized carbons (Fsp3) is 0.333. The Bertz CT molecular complexity index is 805. The summed E-state index contributed by atoms with van der Waals surface area (Å²) in [7, 11) is 0. The number of phenolic OH excluding ortho intramolecular Hbond substituents is 1. The highest BCUT2D eigenvalue weighted by Gasteiger charge is 2.32. The van der Waals surface area contributed by atoms with Crippen LogP contribution < -0.4 is 0 Å². The third-order valence-electron chi connectivity index (χ3n) is 4.59. The minimum Gasteiger partial charge on any atom is -0.508 e. The Morgan fingerprint density at radius 3 is 2.21 bits per heavy atom. The molecule has 0 aliphatic carbocycles. The van der Waals surface area contributed by atoms with Crippen molar-refractivity contribution >= 4 is 17.2 Å². The SMILES string of the molecule is C/C=C(\c1ccc(Cl)c(Cc2ccc(O)cc2)c1)[C@H](O)[C@@H](O)[C@H](O)[C@H](O)CO. The van der Waals surface area contributed by atoms with Gasteiger partial charge < -0.3 is 30.6 Å². The second-order valence-electron chi connectivity index (χ2n) is 6.57. The van der Waals surface area contributed by atoms with Crippen LogP contribution in [0.1, 0.15) is 23.6 Å². The van der Waals surface area contributed by atoms with Crippen molar-refractivity contribution in [3.05, 3.63) is 70.3 Å². The average Bonchev–Trinajstić information content (AvgIpc) is 2.70. The first-order chi connectivity index (χ1) is 13.3. The summed E-state index contributed by atoms with van der Waals surface area (Å²) in [6.07, 6.45) is -4.36. The molecule has 2 aromatic carbocycles. The lowest BCUT2D eigenvalue weighted by atomic mass is 9.91. The van der Waals surface area contributed by atoms with Gasteiger partial charge in [-0.2, -0.15) is 0 Å². The van der Waals surface area contributed by atoms with E-state index in [-0.39, 0.29) is 5.75 Å². The highest BCUT2D eigenvalue weighted by molar-refractivity contribution is 6.31. The monoisotopic (exact) mass is 408 g/mol. The quantitative estimate of drug-likeness (QED) is 0.393. The maximum absolute atomic E-state index is 10.5. The molecule has 0 aliphatic heterocycles. The van der Waals surface area contributed by atoms with E-state index in [1.54, 1.807) is 55.5 Å². The number of aliphatic hydroxyl groups excluding tert-OH is 5. The summed E-state index contributed by atoms with van der Waals surface area (Å²) in [6, 6.07) is 11.9. The second kappa shape index (κ2) is 10.0. The van der Waals surface area contributed by atoms with Gasteiger partial charge >= 0.3 is 0 Å². The van der Waals surface area contributed by atoms with Crippen molar-refractivity contribution in [2.75, 3.05) is 6.61 Å². The zero-order valence-corrected chi connectivity index (χ0v) is 16.2. The molecule has 0 amide bonds. The molecular weight excluding hydrogens is 384 g/mol. The molecule has 4 atom stereocenters. The smallest absolute Gasteiger partial charge is 0.115 e. The molecule has 152 valence electrons. The Morgan fingerprint density at radius 1 is 1.00 bits per heavy atom. The molecule has 0 aliphatic rings. The zero-order chi connectivity index (χ0) is 20.8. The van der Waals surface area contributed by atoms with Gasteiger partial charge in [-0.1, -0.05) is 35.9 Å². The lowest BCUT2D eigenvalue weighted by molar-refractivity contribution is -0.102. The van der Waals surface area contributed by atoms with E-state index in [2.05, 4.69) is 0 Å². The number of rotatable bonds is 8. The third kappa shape index (κ3) is 5.32. The van der Waals surface area contributed by atoms with Crippen LogP contribution in [-0.2, 0) is 6.42 Å². The predicted octanol–water partition coefficient (Wildman–Crippen LogP) is 1.48. The Hall–Kier alpha value is -1.93. The van der Waals surface area contributed by atoms with E-state index in [4.69, 9.17) is 16.7 Å². The Balaban J connectivity index is 2.28. The molecule has 0 saturated carbocycles. The van der Waals surface area contributed by atoms with Gasteiger partial charge in [0.05, 0.1) is 6.61 Å². The zero-order valence-electron chi connectivity index (χ0n) is 15.4. The number of phenols is 1. The van der Waals surface area contributed by atoms with Crippen LogP contribution in [0.5, 0.6) is 5.75 Å². The lowest BCUT2D eigenvalue weighted by Gasteiger charge is -2.27. The fourth-order valence-electron chi connectivity index (χ4n) is 2.94. The highest BCUT2D eigenvalue weighted by atomic mass is 35.5. The third-order valence-corrected chi connectivity index (χ3v) is 4.96. The molecule has 28 heavy (non-hydrogen) atoms. The topological polar surface area (TPSA) is 121 Å². The molecule has 0 aromatic heterocycles. The number of aliphatic hydroxyl groups is 5. The predicted molar refractivity (Wildman–Crippen MR) is 107 cm³/mol. The van der Waals surface area contributed by atoms with Gasteiger partial charge in [0.1, 0.15) is 30.2 Å². The van der Waals surface area contributed by atoms with Crippen LogP contribution >= 0.6 is 11.6 Å². The number of halogens is 1. The summed E-state index contributed by atoms with van der Waals surface area (Å²) in [5.41, 5.74) is 2.65. The molecule has 0 heterocycles. The van der Waals surface area contributed by atoms with E-state index in [0.29, 0.717) is 22.6 Å². The van der Waals surface area contributed by atoms with Crippen LogP contribution in [0, 0.1) is 0 Å². The van der Waals surface area contributed by atoms with Crippen molar-refractivity contribution in [2.45, 2.75) is 37.8 Å². The van der Waals surface area contributed by atoms with Crippen LogP contribution in [0.4, 0.5) is 0 Å². The van der Waals surface area contributed by atoms with Gasteiger partial charge in [-0.05, 0) is 59.9 Å². The molecule has 0 bridgehead atoms. The number of hydrogen-bond acceptors (Lipinski definition) is 6. The molecule has 6 N–H and O–H groups in total. The van der Waals surface area contributed by atoms with Gasteiger partial charge in [-0.25, -0.2) is 0 Å². The minimum absolute atomic E-state index is 0.167. The first-order valence-electron chi connectivity index (χ1n) is 8.84. The fourth-order valence-corrected chi connectivity index (χ4v) is 3.12. The molecule has 2 rings (SSSR count). The van der Waals surface area contributed by atoms with E-state index < -0.39 is 31.0 Å². The summed E-state index contributed by atoms with van der Waals surface area (Å²) in [6.45, 7) is 0.933. The van der Waals surface area contributed by atoms with Gasteiger partial charge in [-0.15, -0.1) is 0 Å². The summed E-state index contributed by atoms with van der Waals surface area (Å²) >= 11 is 6.30. The molecule has 0 fully saturated rings. The van der Waals surface area contributed by atoms with Gasteiger partial charge in [0.15, 0.2) is 0 Å². The van der Waals surface area contributed by atoms with Crippen molar-refractivity contribution in [2.24, 2.45) is 0 Å². The van der Waals surface area contributed by atoms with E-state index in [1.165, 1.54) is 0 Å². The standard InChI is InChI=1S/C21H25ClO6/c1-2-16(19(26)21(28)20(27)18(25)11-23)13-5-8-17(22)14(10-13)9-12-3-6-15(24)7-4-12/h2-8,10,18-21,23-28H,9,11H2,1H3/b16-2+/t18-,19+,20-,21-/m1/s1. The van der Waals surface area contributed by atoms with Gasteiger partial charge in [0.25, 0.3) is 0 Å².